The minimum absolute atomic E-state index is 0.973. The molecule has 0 radical (unpaired) electrons. The van der Waals surface area contributed by atoms with Gasteiger partial charge in [0.05, 0.1) is 0 Å². The van der Waals surface area contributed by atoms with E-state index in [2.05, 4.69) is 96.5 Å². The number of nitrogens with zero attached hydrogens (tertiary/aromatic N) is 2. The van der Waals surface area contributed by atoms with Crippen LogP contribution in [0.25, 0.3) is 27.8 Å². The van der Waals surface area contributed by atoms with Crippen LogP contribution >= 0.6 is 0 Å². The van der Waals surface area contributed by atoms with Gasteiger partial charge in [-0.25, -0.2) is 4.98 Å². The zero-order chi connectivity index (χ0) is 19.8. The van der Waals surface area contributed by atoms with E-state index < -0.39 is 0 Å². The number of aromatic nitrogens is 2. The average Bonchev–Trinajstić information content (AvgIpc) is 2.74. The number of nitrogens with one attached hydrogen (secondary N) is 1. The van der Waals surface area contributed by atoms with Gasteiger partial charge in [0.15, 0.2) is 0 Å². The molecule has 5 rings (SSSR count). The molecule has 0 aliphatic rings. The van der Waals surface area contributed by atoms with Crippen molar-refractivity contribution in [3.63, 3.8) is 0 Å². The molecule has 0 saturated carbocycles. The molecule has 0 saturated heterocycles. The molecule has 0 atom stereocenters. The number of para-hydroxylation sites is 1. The molecule has 29 heavy (non-hydrogen) atoms. The summed E-state index contributed by atoms with van der Waals surface area (Å²) in [5.74, 6) is 0. The Bertz CT molecular complexity index is 1320. The molecule has 0 aliphatic carbocycles. The number of aryl methyl sites for hydroxylation is 2. The zero-order valence-electron chi connectivity index (χ0n) is 16.6. The van der Waals surface area contributed by atoms with Gasteiger partial charge in [0.25, 0.3) is 0 Å². The molecule has 1 aromatic heterocycles. The molecule has 0 unspecified atom stereocenters. The topological polar surface area (TPSA) is 28.8 Å². The summed E-state index contributed by atoms with van der Waals surface area (Å²) < 4.78 is 2.31. The number of fused-ring (bicyclic) bond motifs is 2. The average molecular weight is 376 g/mol. The summed E-state index contributed by atoms with van der Waals surface area (Å²) >= 11 is 0. The van der Waals surface area contributed by atoms with Crippen molar-refractivity contribution in [3.8, 4) is 5.69 Å². The van der Waals surface area contributed by atoms with Gasteiger partial charge < -0.3 is 5.32 Å². The first-order chi connectivity index (χ1) is 14.2. The highest BCUT2D eigenvalue weighted by Crippen LogP contribution is 2.23. The van der Waals surface area contributed by atoms with E-state index in [0.29, 0.717) is 0 Å². The van der Waals surface area contributed by atoms with E-state index in [1.807, 2.05) is 18.2 Å². The fraction of sp³-hybridized carbons (Fsp3) is 0.0769. The summed E-state index contributed by atoms with van der Waals surface area (Å²) in [7, 11) is 0. The van der Waals surface area contributed by atoms with Crippen LogP contribution in [0.2, 0.25) is 0 Å². The molecule has 140 valence electrons. The van der Waals surface area contributed by atoms with Crippen molar-refractivity contribution in [2.75, 3.05) is 5.32 Å². The van der Waals surface area contributed by atoms with E-state index in [-0.39, 0.29) is 0 Å². The normalized spacial score (nSPS) is 11.1. The number of hydrogen-bond donors (Lipinski definition) is 1. The Morgan fingerprint density at radius 1 is 0.621 bits per heavy atom. The van der Waals surface area contributed by atoms with Crippen LogP contribution in [-0.4, -0.2) is 4.98 Å². The maximum absolute atomic E-state index is 4.92. The molecular weight excluding hydrogens is 354 g/mol. The molecule has 0 aliphatic heterocycles. The molecule has 3 heteroatoms. The number of anilines is 2. The molecule has 0 amide bonds. The summed E-state index contributed by atoms with van der Waals surface area (Å²) in [6.45, 7) is 4.24. The van der Waals surface area contributed by atoms with Crippen LogP contribution in [0.15, 0.2) is 91.0 Å². The molecule has 1 N–H and O–H groups in total. The lowest BCUT2D eigenvalue weighted by Crippen LogP contribution is -2.33. The highest BCUT2D eigenvalue weighted by molar-refractivity contribution is 5.85. The molecule has 1 heterocycles. The molecular formula is C26H22N3+. The fourth-order valence-electron chi connectivity index (χ4n) is 3.70. The van der Waals surface area contributed by atoms with E-state index >= 15 is 0 Å². The monoisotopic (exact) mass is 376 g/mol. The van der Waals surface area contributed by atoms with Crippen molar-refractivity contribution in [1.82, 2.24) is 4.98 Å². The van der Waals surface area contributed by atoms with Gasteiger partial charge in [-0.3, -0.25) is 0 Å². The third-order valence-electron chi connectivity index (χ3n) is 5.18. The molecule has 0 spiro atoms. The van der Waals surface area contributed by atoms with Gasteiger partial charge in [0.1, 0.15) is 11.0 Å². The summed E-state index contributed by atoms with van der Waals surface area (Å²) in [6.07, 6.45) is 0. The molecule has 0 bridgehead atoms. The van der Waals surface area contributed by atoms with Crippen molar-refractivity contribution in [2.45, 2.75) is 13.8 Å². The molecule has 5 aromatic rings. The largest absolute Gasteiger partial charge is 0.355 e. The van der Waals surface area contributed by atoms with E-state index in [9.17, 15) is 0 Å². The second-order valence-corrected chi connectivity index (χ2v) is 7.47. The van der Waals surface area contributed by atoms with Crippen LogP contribution in [-0.2, 0) is 0 Å². The van der Waals surface area contributed by atoms with Crippen LogP contribution < -0.4 is 9.88 Å². The Morgan fingerprint density at radius 3 is 2.03 bits per heavy atom. The van der Waals surface area contributed by atoms with Crippen LogP contribution in [0.1, 0.15) is 11.1 Å². The SMILES string of the molecule is Cc1ccc(-[n+]2c3cc(C)ccc3nc3ccc(Nc4ccccc4)cc32)cc1. The van der Waals surface area contributed by atoms with Crippen LogP contribution in [0.3, 0.4) is 0 Å². The third kappa shape index (κ3) is 3.32. The second-order valence-electron chi connectivity index (χ2n) is 7.47. The molecule has 0 fully saturated rings. The van der Waals surface area contributed by atoms with Crippen molar-refractivity contribution >= 4 is 33.4 Å². The van der Waals surface area contributed by atoms with E-state index in [4.69, 9.17) is 4.98 Å². The Morgan fingerprint density at radius 2 is 1.28 bits per heavy atom. The van der Waals surface area contributed by atoms with Gasteiger partial charge >= 0.3 is 0 Å². The van der Waals surface area contributed by atoms with Gasteiger partial charge in [-0.15, -0.1) is 4.57 Å². The summed E-state index contributed by atoms with van der Waals surface area (Å²) in [4.78, 5) is 4.92. The predicted octanol–water partition coefficient (Wildman–Crippen LogP) is 6.03. The minimum atomic E-state index is 0.973. The van der Waals surface area contributed by atoms with Gasteiger partial charge in [-0.05, 0) is 49.7 Å². The number of benzene rings is 4. The maximum atomic E-state index is 4.92. The first-order valence-corrected chi connectivity index (χ1v) is 9.83. The predicted molar refractivity (Wildman–Crippen MR) is 120 cm³/mol. The first-order valence-electron chi connectivity index (χ1n) is 9.83. The highest BCUT2D eigenvalue weighted by atomic mass is 15.0. The van der Waals surface area contributed by atoms with E-state index in [1.165, 1.54) is 11.1 Å². The summed E-state index contributed by atoms with van der Waals surface area (Å²) in [6, 6.07) is 31.7. The zero-order valence-corrected chi connectivity index (χ0v) is 16.6. The first kappa shape index (κ1) is 17.4. The third-order valence-corrected chi connectivity index (χ3v) is 5.18. The van der Waals surface area contributed by atoms with Crippen molar-refractivity contribution in [1.29, 1.82) is 0 Å². The Labute approximate surface area is 170 Å². The van der Waals surface area contributed by atoms with Gasteiger partial charge in [-0.2, -0.15) is 0 Å². The van der Waals surface area contributed by atoms with Crippen molar-refractivity contribution in [2.24, 2.45) is 0 Å². The lowest BCUT2D eigenvalue weighted by atomic mass is 10.1. The Balaban J connectivity index is 1.78. The summed E-state index contributed by atoms with van der Waals surface area (Å²) in [5.41, 5.74) is 9.86. The van der Waals surface area contributed by atoms with Crippen LogP contribution in [0.5, 0.6) is 0 Å². The standard InChI is InChI=1S/C26H21N3/c1-18-8-12-22(13-9-18)29-25-16-19(2)10-14-23(25)28-24-15-11-21(17-26(24)29)27-20-6-4-3-5-7-20/h3-17H,1-2H3/p+1. The van der Waals surface area contributed by atoms with Crippen LogP contribution in [0.4, 0.5) is 11.4 Å². The second kappa shape index (κ2) is 7.02. The maximum Gasteiger partial charge on any atom is 0.239 e. The Kier molecular flexibility index (Phi) is 4.21. The highest BCUT2D eigenvalue weighted by Gasteiger charge is 2.20. The number of hydrogen-bond acceptors (Lipinski definition) is 2. The van der Waals surface area contributed by atoms with E-state index in [0.717, 1.165) is 39.1 Å². The lowest BCUT2D eigenvalue weighted by molar-refractivity contribution is -0.538. The van der Waals surface area contributed by atoms with Crippen LogP contribution in [0, 0.1) is 13.8 Å². The fourth-order valence-corrected chi connectivity index (χ4v) is 3.70. The lowest BCUT2D eigenvalue weighted by Gasteiger charge is -2.09. The van der Waals surface area contributed by atoms with E-state index in [1.54, 1.807) is 0 Å². The smallest absolute Gasteiger partial charge is 0.239 e. The van der Waals surface area contributed by atoms with Crippen molar-refractivity contribution in [3.05, 3.63) is 102 Å². The quantitative estimate of drug-likeness (QED) is 0.308. The molecule has 3 nitrogen and oxygen atoms in total. The van der Waals surface area contributed by atoms with Gasteiger partial charge in [-0.1, -0.05) is 42.0 Å². The summed E-state index contributed by atoms with van der Waals surface area (Å²) in [5, 5.41) is 3.50. The number of rotatable bonds is 3. The molecule has 4 aromatic carbocycles. The Hall–Kier alpha value is -3.72. The van der Waals surface area contributed by atoms with Gasteiger partial charge in [0.2, 0.25) is 16.7 Å². The van der Waals surface area contributed by atoms with Crippen molar-refractivity contribution < 1.29 is 4.57 Å². The minimum Gasteiger partial charge on any atom is -0.355 e. The van der Waals surface area contributed by atoms with Gasteiger partial charge in [0, 0.05) is 35.6 Å².